The number of nitrogens with two attached hydrogens (primary N) is 1. The molecular weight excluding hydrogens is 214 g/mol. The van der Waals surface area contributed by atoms with Gasteiger partial charge < -0.3 is 15.4 Å². The predicted octanol–water partition coefficient (Wildman–Crippen LogP) is 1.98. The molecule has 17 heavy (non-hydrogen) atoms. The van der Waals surface area contributed by atoms with E-state index >= 15 is 0 Å². The number of nitrogen functional groups attached to an aromatic ring is 1. The van der Waals surface area contributed by atoms with Crippen molar-refractivity contribution in [2.75, 3.05) is 23.8 Å². The molecule has 0 aliphatic carbocycles. The van der Waals surface area contributed by atoms with Crippen molar-refractivity contribution in [3.8, 4) is 0 Å². The smallest absolute Gasteiger partial charge is 0.152 e. The second kappa shape index (κ2) is 4.92. The fraction of sp³-hybridized carbons (Fsp3) is 0.615. The molecule has 2 unspecified atom stereocenters. The monoisotopic (exact) mass is 235 g/mol. The number of aryl methyl sites for hydroxylation is 1. The number of hydrogen-bond acceptors (Lipinski definition) is 4. The minimum absolute atomic E-state index is 0.236. The summed E-state index contributed by atoms with van der Waals surface area (Å²) in [6.45, 7) is 7.87. The average Bonchev–Trinajstić information content (AvgIpc) is 2.32. The van der Waals surface area contributed by atoms with Crippen LogP contribution < -0.4 is 10.6 Å². The highest BCUT2D eigenvalue weighted by Crippen LogP contribution is 2.26. The zero-order valence-corrected chi connectivity index (χ0v) is 10.8. The third kappa shape index (κ3) is 2.52. The van der Waals surface area contributed by atoms with Gasteiger partial charge in [0.05, 0.1) is 24.4 Å². The van der Waals surface area contributed by atoms with E-state index < -0.39 is 0 Å². The Balaban J connectivity index is 2.31. The predicted molar refractivity (Wildman–Crippen MR) is 70.2 cm³/mol. The lowest BCUT2D eigenvalue weighted by Crippen LogP contribution is -2.49. The van der Waals surface area contributed by atoms with Gasteiger partial charge in [0.2, 0.25) is 0 Å². The van der Waals surface area contributed by atoms with Gasteiger partial charge in [-0.1, -0.05) is 6.92 Å². The van der Waals surface area contributed by atoms with Crippen LogP contribution in [0.15, 0.2) is 12.1 Å². The van der Waals surface area contributed by atoms with Crippen LogP contribution in [-0.4, -0.2) is 30.3 Å². The summed E-state index contributed by atoms with van der Waals surface area (Å²) in [6.07, 6.45) is 1.28. The van der Waals surface area contributed by atoms with E-state index in [1.165, 1.54) is 0 Å². The Labute approximate surface area is 103 Å². The topological polar surface area (TPSA) is 51.4 Å². The summed E-state index contributed by atoms with van der Waals surface area (Å²) in [5.41, 5.74) is 7.79. The molecule has 2 atom stereocenters. The highest BCUT2D eigenvalue weighted by molar-refractivity contribution is 5.63. The van der Waals surface area contributed by atoms with Crippen molar-refractivity contribution in [2.24, 2.45) is 0 Å². The second-order valence-corrected chi connectivity index (χ2v) is 4.72. The number of rotatable bonds is 2. The summed E-state index contributed by atoms with van der Waals surface area (Å²) in [5.74, 6) is 0.909. The van der Waals surface area contributed by atoms with Gasteiger partial charge >= 0.3 is 0 Å². The number of nitrogens with zero attached hydrogens (tertiary/aromatic N) is 2. The molecule has 0 saturated carbocycles. The van der Waals surface area contributed by atoms with Crippen LogP contribution in [-0.2, 0) is 4.74 Å². The molecule has 0 radical (unpaired) electrons. The zero-order valence-electron chi connectivity index (χ0n) is 10.8. The van der Waals surface area contributed by atoms with Crippen molar-refractivity contribution >= 4 is 11.5 Å². The van der Waals surface area contributed by atoms with E-state index in [4.69, 9.17) is 10.5 Å². The van der Waals surface area contributed by atoms with Gasteiger partial charge in [-0.15, -0.1) is 0 Å². The zero-order chi connectivity index (χ0) is 12.4. The lowest BCUT2D eigenvalue weighted by Gasteiger charge is -2.39. The molecule has 0 amide bonds. The van der Waals surface area contributed by atoms with Crippen LogP contribution in [0.4, 0.5) is 11.5 Å². The second-order valence-electron chi connectivity index (χ2n) is 4.72. The Hall–Kier alpha value is -1.29. The van der Waals surface area contributed by atoms with Crippen LogP contribution in [0.3, 0.4) is 0 Å². The summed E-state index contributed by atoms with van der Waals surface area (Å²) >= 11 is 0. The van der Waals surface area contributed by atoms with Crippen LogP contribution in [0.2, 0.25) is 0 Å². The minimum atomic E-state index is 0.236. The minimum Gasteiger partial charge on any atom is -0.396 e. The first-order valence-corrected chi connectivity index (χ1v) is 6.23. The van der Waals surface area contributed by atoms with Gasteiger partial charge in [-0.2, -0.15) is 0 Å². The molecule has 2 heterocycles. The van der Waals surface area contributed by atoms with E-state index in [0.29, 0.717) is 6.04 Å². The summed E-state index contributed by atoms with van der Waals surface area (Å²) in [5, 5.41) is 0. The van der Waals surface area contributed by atoms with E-state index in [0.717, 1.165) is 36.8 Å². The maximum Gasteiger partial charge on any atom is 0.152 e. The lowest BCUT2D eigenvalue weighted by molar-refractivity contribution is 0.0297. The molecule has 2 rings (SSSR count). The number of aromatic nitrogens is 1. The SMILES string of the molecule is CCC1COC(C)CN1c1nc(C)ccc1N. The fourth-order valence-electron chi connectivity index (χ4n) is 2.23. The maximum absolute atomic E-state index is 6.04. The Morgan fingerprint density at radius 3 is 3.00 bits per heavy atom. The van der Waals surface area contributed by atoms with Gasteiger partial charge in [-0.05, 0) is 32.4 Å². The van der Waals surface area contributed by atoms with Gasteiger partial charge in [0.15, 0.2) is 5.82 Å². The molecule has 1 aromatic rings. The highest BCUT2D eigenvalue weighted by atomic mass is 16.5. The van der Waals surface area contributed by atoms with E-state index in [1.807, 2.05) is 19.1 Å². The molecule has 0 aromatic carbocycles. The standard InChI is InChI=1S/C13H21N3O/c1-4-11-8-17-10(3)7-16(11)13-12(14)6-5-9(2)15-13/h5-6,10-11H,4,7-8,14H2,1-3H3. The van der Waals surface area contributed by atoms with Crippen molar-refractivity contribution in [1.82, 2.24) is 4.98 Å². The first kappa shape index (κ1) is 12.2. The summed E-state index contributed by atoms with van der Waals surface area (Å²) in [7, 11) is 0. The number of hydrogen-bond donors (Lipinski definition) is 1. The molecule has 1 aromatic heterocycles. The van der Waals surface area contributed by atoms with E-state index in [9.17, 15) is 0 Å². The Bertz CT molecular complexity index is 394. The first-order chi connectivity index (χ1) is 8.11. The van der Waals surface area contributed by atoms with Gasteiger partial charge in [0.1, 0.15) is 0 Å². The summed E-state index contributed by atoms with van der Waals surface area (Å²) < 4.78 is 5.69. The largest absolute Gasteiger partial charge is 0.396 e. The fourth-order valence-corrected chi connectivity index (χ4v) is 2.23. The molecule has 94 valence electrons. The molecule has 0 spiro atoms. The van der Waals surface area contributed by atoms with Crippen molar-refractivity contribution in [3.63, 3.8) is 0 Å². The van der Waals surface area contributed by atoms with Gasteiger partial charge in [-0.3, -0.25) is 0 Å². The molecule has 1 fully saturated rings. The molecule has 4 nitrogen and oxygen atoms in total. The maximum atomic E-state index is 6.04. The van der Waals surface area contributed by atoms with Crippen molar-refractivity contribution in [1.29, 1.82) is 0 Å². The molecule has 4 heteroatoms. The van der Waals surface area contributed by atoms with Crippen LogP contribution in [0.25, 0.3) is 0 Å². The highest BCUT2D eigenvalue weighted by Gasteiger charge is 2.27. The number of anilines is 2. The Kier molecular flexibility index (Phi) is 3.52. The quantitative estimate of drug-likeness (QED) is 0.851. The van der Waals surface area contributed by atoms with Crippen LogP contribution in [0, 0.1) is 6.92 Å². The number of pyridine rings is 1. The number of ether oxygens (including phenoxy) is 1. The molecule has 1 aliphatic heterocycles. The van der Waals surface area contributed by atoms with Crippen LogP contribution in [0.5, 0.6) is 0 Å². The molecule has 1 aliphatic rings. The van der Waals surface area contributed by atoms with Crippen molar-refractivity contribution < 1.29 is 4.74 Å². The van der Waals surface area contributed by atoms with Crippen LogP contribution >= 0.6 is 0 Å². The molecule has 2 N–H and O–H groups in total. The number of morpholine rings is 1. The first-order valence-electron chi connectivity index (χ1n) is 6.23. The average molecular weight is 235 g/mol. The third-order valence-electron chi connectivity index (χ3n) is 3.26. The van der Waals surface area contributed by atoms with Gasteiger partial charge in [-0.25, -0.2) is 4.98 Å². The van der Waals surface area contributed by atoms with E-state index in [2.05, 4.69) is 23.7 Å². The Morgan fingerprint density at radius 2 is 2.29 bits per heavy atom. The third-order valence-corrected chi connectivity index (χ3v) is 3.26. The van der Waals surface area contributed by atoms with E-state index in [-0.39, 0.29) is 6.10 Å². The Morgan fingerprint density at radius 1 is 1.53 bits per heavy atom. The molecule has 1 saturated heterocycles. The van der Waals surface area contributed by atoms with Crippen molar-refractivity contribution in [3.05, 3.63) is 17.8 Å². The van der Waals surface area contributed by atoms with Gasteiger partial charge in [0.25, 0.3) is 0 Å². The van der Waals surface area contributed by atoms with Crippen LogP contribution in [0.1, 0.15) is 26.0 Å². The summed E-state index contributed by atoms with van der Waals surface area (Å²) in [6, 6.07) is 4.26. The van der Waals surface area contributed by atoms with E-state index in [1.54, 1.807) is 0 Å². The molecule has 0 bridgehead atoms. The van der Waals surface area contributed by atoms with Gasteiger partial charge in [0, 0.05) is 12.2 Å². The lowest BCUT2D eigenvalue weighted by atomic mass is 10.1. The molecular formula is C13H21N3O. The van der Waals surface area contributed by atoms with Crippen molar-refractivity contribution in [2.45, 2.75) is 39.3 Å². The normalized spacial score (nSPS) is 25.0. The summed E-state index contributed by atoms with van der Waals surface area (Å²) in [4.78, 5) is 6.86.